The van der Waals surface area contributed by atoms with Gasteiger partial charge in [-0.05, 0) is 17.7 Å². The second-order valence-electron chi connectivity index (χ2n) is 4.18. The summed E-state index contributed by atoms with van der Waals surface area (Å²) in [5.74, 6) is 0. The van der Waals surface area contributed by atoms with Gasteiger partial charge in [0.2, 0.25) is 0 Å². The highest BCUT2D eigenvalue weighted by atomic mass is 19.4. The predicted octanol–water partition coefficient (Wildman–Crippen LogP) is 2.71. The zero-order valence-corrected chi connectivity index (χ0v) is 10.2. The second-order valence-corrected chi connectivity index (χ2v) is 4.18. The lowest BCUT2D eigenvalue weighted by atomic mass is 10.1. The van der Waals surface area contributed by atoms with E-state index in [0.29, 0.717) is 6.54 Å². The van der Waals surface area contributed by atoms with Crippen molar-refractivity contribution in [3.05, 3.63) is 36.0 Å². The topological polar surface area (TPSA) is 34.4 Å². The molecule has 0 unspecified atom stereocenters. The van der Waals surface area contributed by atoms with Crippen LogP contribution < -0.4 is 0 Å². The highest BCUT2D eigenvalue weighted by molar-refractivity contribution is 5.83. The van der Waals surface area contributed by atoms with Gasteiger partial charge in [-0.1, -0.05) is 12.1 Å². The first-order valence-corrected chi connectivity index (χ1v) is 5.83. The van der Waals surface area contributed by atoms with Crippen molar-refractivity contribution in [2.24, 2.45) is 0 Å². The molecule has 6 heteroatoms. The van der Waals surface area contributed by atoms with Crippen molar-refractivity contribution < 1.29 is 23.0 Å². The Kier molecular flexibility index (Phi) is 4.11. The molecule has 0 bridgehead atoms. The van der Waals surface area contributed by atoms with Crippen LogP contribution in [0.2, 0.25) is 0 Å². The van der Waals surface area contributed by atoms with Gasteiger partial charge in [0.15, 0.2) is 0 Å². The first kappa shape index (κ1) is 13.9. The molecule has 0 aliphatic rings. The molecule has 104 valence electrons. The van der Waals surface area contributed by atoms with Gasteiger partial charge < -0.3 is 14.4 Å². The molecule has 1 aromatic carbocycles. The van der Waals surface area contributed by atoms with Gasteiger partial charge >= 0.3 is 6.18 Å². The fourth-order valence-electron chi connectivity index (χ4n) is 1.97. The average Bonchev–Trinajstić information content (AvgIpc) is 2.76. The van der Waals surface area contributed by atoms with Gasteiger partial charge in [0.25, 0.3) is 0 Å². The summed E-state index contributed by atoms with van der Waals surface area (Å²) in [6.45, 7) is -0.957. The summed E-state index contributed by atoms with van der Waals surface area (Å²) in [6, 6.07) is 7.32. The van der Waals surface area contributed by atoms with Gasteiger partial charge in [0.1, 0.15) is 6.61 Å². The number of aromatic nitrogens is 1. The van der Waals surface area contributed by atoms with Crippen LogP contribution in [0, 0.1) is 0 Å². The van der Waals surface area contributed by atoms with Crippen molar-refractivity contribution in [2.75, 3.05) is 13.2 Å². The van der Waals surface area contributed by atoms with Crippen molar-refractivity contribution in [1.29, 1.82) is 0 Å². The average molecular weight is 273 g/mol. The summed E-state index contributed by atoms with van der Waals surface area (Å²) in [7, 11) is 0. The van der Waals surface area contributed by atoms with E-state index in [1.54, 1.807) is 12.3 Å². The zero-order valence-electron chi connectivity index (χ0n) is 10.2. The molecule has 0 saturated heterocycles. The molecule has 0 atom stereocenters. The smallest absolute Gasteiger partial charge is 0.392 e. The Balaban J connectivity index is 2.02. The van der Waals surface area contributed by atoms with Crippen molar-refractivity contribution in [1.82, 2.24) is 4.57 Å². The minimum Gasteiger partial charge on any atom is -0.392 e. The molecule has 0 saturated carbocycles. The molecule has 0 aliphatic carbocycles. The van der Waals surface area contributed by atoms with Crippen molar-refractivity contribution in [2.45, 2.75) is 19.3 Å². The van der Waals surface area contributed by atoms with Crippen LogP contribution in [0.3, 0.4) is 0 Å². The molecule has 3 nitrogen and oxygen atoms in total. The molecule has 19 heavy (non-hydrogen) atoms. The van der Waals surface area contributed by atoms with Crippen LogP contribution in [0.25, 0.3) is 10.9 Å². The third kappa shape index (κ3) is 3.48. The van der Waals surface area contributed by atoms with Gasteiger partial charge in [-0.2, -0.15) is 13.2 Å². The minimum atomic E-state index is -4.29. The Bertz CT molecular complexity index is 548. The SMILES string of the molecule is OCc1cccc2c1ccn2CCOCC(F)(F)F. The van der Waals surface area contributed by atoms with E-state index in [4.69, 9.17) is 0 Å². The molecule has 0 spiro atoms. The lowest BCUT2D eigenvalue weighted by Gasteiger charge is -2.09. The number of ether oxygens (including phenoxy) is 1. The van der Waals surface area contributed by atoms with Crippen molar-refractivity contribution in [3.8, 4) is 0 Å². The number of alkyl halides is 3. The third-order valence-corrected chi connectivity index (χ3v) is 2.82. The van der Waals surface area contributed by atoms with Gasteiger partial charge in [-0.3, -0.25) is 0 Å². The van der Waals surface area contributed by atoms with E-state index in [-0.39, 0.29) is 13.2 Å². The molecular weight excluding hydrogens is 259 g/mol. The highest BCUT2D eigenvalue weighted by Gasteiger charge is 2.27. The third-order valence-electron chi connectivity index (χ3n) is 2.82. The first-order valence-electron chi connectivity index (χ1n) is 5.83. The molecule has 0 amide bonds. The fourth-order valence-corrected chi connectivity index (χ4v) is 1.97. The Morgan fingerprint density at radius 1 is 1.21 bits per heavy atom. The summed E-state index contributed by atoms with van der Waals surface area (Å²) in [5.41, 5.74) is 1.68. The van der Waals surface area contributed by atoms with Crippen LogP contribution in [-0.4, -0.2) is 29.1 Å². The monoisotopic (exact) mass is 273 g/mol. The maximum absolute atomic E-state index is 11.9. The number of hydrogen-bond donors (Lipinski definition) is 1. The van der Waals surface area contributed by atoms with Crippen molar-refractivity contribution >= 4 is 10.9 Å². The van der Waals surface area contributed by atoms with Crippen LogP contribution in [-0.2, 0) is 17.9 Å². The summed E-state index contributed by atoms with van der Waals surface area (Å²) >= 11 is 0. The Hall–Kier alpha value is -1.53. The first-order chi connectivity index (χ1) is 9.01. The number of rotatable bonds is 5. The zero-order chi connectivity index (χ0) is 13.9. The van der Waals surface area contributed by atoms with Crippen molar-refractivity contribution in [3.63, 3.8) is 0 Å². The summed E-state index contributed by atoms with van der Waals surface area (Å²) in [5, 5.41) is 10.1. The molecular formula is C13H14F3NO2. The van der Waals surface area contributed by atoms with Crippen LogP contribution in [0.15, 0.2) is 30.5 Å². The summed E-state index contributed by atoms with van der Waals surface area (Å²) in [4.78, 5) is 0. The van der Waals surface area contributed by atoms with Crippen LogP contribution >= 0.6 is 0 Å². The number of aliphatic hydroxyl groups excluding tert-OH is 1. The normalized spacial score (nSPS) is 12.2. The van der Waals surface area contributed by atoms with E-state index in [1.165, 1.54) is 0 Å². The van der Waals surface area contributed by atoms with Gasteiger partial charge in [-0.15, -0.1) is 0 Å². The predicted molar refractivity (Wildman–Crippen MR) is 64.7 cm³/mol. The molecule has 1 aromatic heterocycles. The van der Waals surface area contributed by atoms with E-state index in [2.05, 4.69) is 4.74 Å². The maximum atomic E-state index is 11.9. The molecule has 0 fully saturated rings. The number of aliphatic hydroxyl groups is 1. The lowest BCUT2D eigenvalue weighted by molar-refractivity contribution is -0.174. The molecule has 1 heterocycles. The number of halogens is 3. The maximum Gasteiger partial charge on any atom is 0.411 e. The number of hydrogen-bond acceptors (Lipinski definition) is 2. The van der Waals surface area contributed by atoms with Gasteiger partial charge in [0.05, 0.1) is 13.2 Å². The number of fused-ring (bicyclic) bond motifs is 1. The highest BCUT2D eigenvalue weighted by Crippen LogP contribution is 2.20. The Labute approximate surface area is 108 Å². The van der Waals surface area contributed by atoms with E-state index in [1.807, 2.05) is 22.8 Å². The van der Waals surface area contributed by atoms with Crippen LogP contribution in [0.4, 0.5) is 13.2 Å². The molecule has 0 radical (unpaired) electrons. The number of benzene rings is 1. The van der Waals surface area contributed by atoms with E-state index in [0.717, 1.165) is 16.5 Å². The minimum absolute atomic E-state index is 0.00730. The molecule has 2 rings (SSSR count). The Morgan fingerprint density at radius 3 is 2.68 bits per heavy atom. The lowest BCUT2D eigenvalue weighted by Crippen LogP contribution is -2.18. The van der Waals surface area contributed by atoms with E-state index >= 15 is 0 Å². The second kappa shape index (κ2) is 5.63. The standard InChI is InChI=1S/C13H14F3NO2/c14-13(15,16)9-19-7-6-17-5-4-11-10(8-18)2-1-3-12(11)17/h1-5,18H,6-9H2. The van der Waals surface area contributed by atoms with Crippen LogP contribution in [0.5, 0.6) is 0 Å². The summed E-state index contributed by atoms with van der Waals surface area (Å²) < 4.78 is 42.1. The van der Waals surface area contributed by atoms with E-state index < -0.39 is 12.8 Å². The number of nitrogens with zero attached hydrogens (tertiary/aromatic N) is 1. The fraction of sp³-hybridized carbons (Fsp3) is 0.385. The Morgan fingerprint density at radius 2 is 2.00 bits per heavy atom. The molecule has 0 aliphatic heterocycles. The molecule has 1 N–H and O–H groups in total. The van der Waals surface area contributed by atoms with E-state index in [9.17, 15) is 18.3 Å². The van der Waals surface area contributed by atoms with Gasteiger partial charge in [-0.25, -0.2) is 0 Å². The molecule has 2 aromatic rings. The largest absolute Gasteiger partial charge is 0.411 e. The summed E-state index contributed by atoms with van der Waals surface area (Å²) in [6.07, 6.45) is -2.51. The quantitative estimate of drug-likeness (QED) is 0.850. The van der Waals surface area contributed by atoms with Gasteiger partial charge in [0, 0.05) is 23.6 Å². The van der Waals surface area contributed by atoms with Crippen LogP contribution in [0.1, 0.15) is 5.56 Å².